The molecule has 3 aromatic rings. The van der Waals surface area contributed by atoms with E-state index in [1.54, 1.807) is 0 Å². The van der Waals surface area contributed by atoms with Crippen molar-refractivity contribution in [1.29, 1.82) is 0 Å². The lowest BCUT2D eigenvalue weighted by atomic mass is 9.91. The van der Waals surface area contributed by atoms with Gasteiger partial charge in [-0.1, -0.05) is 84.4 Å². The first-order valence-electron chi connectivity index (χ1n) is 9.19. The fourth-order valence-electron chi connectivity index (χ4n) is 3.32. The molecule has 0 aromatic heterocycles. The van der Waals surface area contributed by atoms with Gasteiger partial charge in [-0.25, -0.2) is 9.80 Å². The highest BCUT2D eigenvalue weighted by molar-refractivity contribution is 6.30. The van der Waals surface area contributed by atoms with E-state index in [4.69, 9.17) is 11.6 Å². The van der Waals surface area contributed by atoms with Gasteiger partial charge in [0, 0.05) is 17.5 Å². The zero-order chi connectivity index (χ0) is 19.3. The lowest BCUT2D eigenvalue weighted by Gasteiger charge is -2.16. The third kappa shape index (κ3) is 4.07. The maximum atomic E-state index is 12.7. The molecule has 5 heteroatoms. The molecule has 1 N–H and O–H groups in total. The Morgan fingerprint density at radius 2 is 1.61 bits per heavy atom. The number of carbonyl (C=O) groups is 1. The van der Waals surface area contributed by atoms with E-state index in [1.807, 2.05) is 72.8 Å². The summed E-state index contributed by atoms with van der Waals surface area (Å²) in [5.41, 5.74) is 4.03. The predicted octanol–water partition coefficient (Wildman–Crippen LogP) is 5.05. The lowest BCUT2D eigenvalue weighted by Crippen LogP contribution is -2.35. The third-order valence-electron chi connectivity index (χ3n) is 4.78. The highest BCUT2D eigenvalue weighted by atomic mass is 35.5. The summed E-state index contributed by atoms with van der Waals surface area (Å²) < 4.78 is 0. The zero-order valence-corrected chi connectivity index (χ0v) is 16.0. The molecule has 0 bridgehead atoms. The summed E-state index contributed by atoms with van der Waals surface area (Å²) in [4.78, 5) is 12.7. The van der Waals surface area contributed by atoms with Crippen LogP contribution in [0.15, 0.2) is 90.0 Å². The third-order valence-corrected chi connectivity index (χ3v) is 5.03. The van der Waals surface area contributed by atoms with Crippen LogP contribution in [0.5, 0.6) is 0 Å². The average molecular weight is 390 g/mol. The van der Waals surface area contributed by atoms with E-state index in [9.17, 15) is 4.79 Å². The molecule has 0 spiro atoms. The van der Waals surface area contributed by atoms with Crippen LogP contribution in [0.1, 0.15) is 22.6 Å². The monoisotopic (exact) mass is 389 g/mol. The summed E-state index contributed by atoms with van der Waals surface area (Å²) in [6.07, 6.45) is 0. The Balaban J connectivity index is 1.56. The van der Waals surface area contributed by atoms with Gasteiger partial charge in [0.15, 0.2) is 0 Å². The molecule has 4 nitrogen and oxygen atoms in total. The highest BCUT2D eigenvalue weighted by Crippen LogP contribution is 2.29. The van der Waals surface area contributed by atoms with Crippen LogP contribution >= 0.6 is 11.6 Å². The number of hydrogen-bond donors (Lipinski definition) is 1. The zero-order valence-electron chi connectivity index (χ0n) is 15.3. The van der Waals surface area contributed by atoms with E-state index < -0.39 is 0 Å². The minimum atomic E-state index is -0.200. The van der Waals surface area contributed by atoms with Gasteiger partial charge in [0.05, 0.1) is 12.3 Å². The van der Waals surface area contributed by atoms with Crippen LogP contribution in [-0.4, -0.2) is 23.3 Å². The molecule has 140 valence electrons. The van der Waals surface area contributed by atoms with Gasteiger partial charge in [-0.2, -0.15) is 5.10 Å². The molecule has 0 saturated heterocycles. The normalized spacial score (nSPS) is 16.0. The number of benzene rings is 3. The maximum absolute atomic E-state index is 12.7. The van der Waals surface area contributed by atoms with Gasteiger partial charge in [-0.15, -0.1) is 0 Å². The number of halogens is 1. The predicted molar refractivity (Wildman–Crippen MR) is 113 cm³/mol. The fraction of sp³-hybridized carbons (Fsp3) is 0.130. The van der Waals surface area contributed by atoms with E-state index in [1.165, 1.54) is 5.01 Å². The van der Waals surface area contributed by atoms with Crippen LogP contribution in [0.3, 0.4) is 0 Å². The molecule has 2 amide bonds. The summed E-state index contributed by atoms with van der Waals surface area (Å²) in [7, 11) is 0. The van der Waals surface area contributed by atoms with Gasteiger partial charge in [-0.3, -0.25) is 0 Å². The van der Waals surface area contributed by atoms with Crippen LogP contribution < -0.4 is 5.32 Å². The van der Waals surface area contributed by atoms with Crippen molar-refractivity contribution in [2.75, 3.05) is 6.54 Å². The van der Waals surface area contributed by atoms with Crippen molar-refractivity contribution in [3.05, 3.63) is 107 Å². The second kappa shape index (κ2) is 8.28. The van der Waals surface area contributed by atoms with Crippen LogP contribution in [0.4, 0.5) is 4.79 Å². The quantitative estimate of drug-likeness (QED) is 0.666. The SMILES string of the molecule is O=C(NCc1ccccc1)N1C[C@@H](c2ccccc2)C(c2ccc(Cl)cc2)=N1. The maximum Gasteiger partial charge on any atom is 0.338 e. The number of rotatable bonds is 4. The largest absolute Gasteiger partial charge is 0.338 e. The van der Waals surface area contributed by atoms with E-state index >= 15 is 0 Å². The first kappa shape index (κ1) is 18.3. The number of nitrogens with one attached hydrogen (secondary N) is 1. The van der Waals surface area contributed by atoms with Crippen LogP contribution in [-0.2, 0) is 6.54 Å². The molecule has 1 atom stereocenters. The van der Waals surface area contributed by atoms with Crippen molar-refractivity contribution in [2.24, 2.45) is 5.10 Å². The van der Waals surface area contributed by atoms with Crippen molar-refractivity contribution >= 4 is 23.3 Å². The first-order valence-corrected chi connectivity index (χ1v) is 9.57. The van der Waals surface area contributed by atoms with Crippen molar-refractivity contribution < 1.29 is 4.79 Å². The van der Waals surface area contributed by atoms with Gasteiger partial charge in [0.25, 0.3) is 0 Å². The molecule has 1 aliphatic heterocycles. The molecule has 0 fully saturated rings. The topological polar surface area (TPSA) is 44.7 Å². The van der Waals surface area contributed by atoms with Gasteiger partial charge in [0.1, 0.15) is 0 Å². The average Bonchev–Trinajstić information content (AvgIpc) is 3.19. The van der Waals surface area contributed by atoms with Crippen molar-refractivity contribution in [3.8, 4) is 0 Å². The van der Waals surface area contributed by atoms with E-state index in [0.29, 0.717) is 18.1 Å². The van der Waals surface area contributed by atoms with Crippen molar-refractivity contribution in [2.45, 2.75) is 12.5 Å². The Hall–Kier alpha value is -3.11. The van der Waals surface area contributed by atoms with E-state index in [2.05, 4.69) is 22.6 Å². The van der Waals surface area contributed by atoms with Crippen molar-refractivity contribution in [3.63, 3.8) is 0 Å². The summed E-state index contributed by atoms with van der Waals surface area (Å²) >= 11 is 6.04. The second-order valence-electron chi connectivity index (χ2n) is 6.68. The molecule has 0 aliphatic carbocycles. The summed E-state index contributed by atoms with van der Waals surface area (Å²) in [5, 5.41) is 9.80. The molecular formula is C23H20ClN3O. The molecular weight excluding hydrogens is 370 g/mol. The number of amides is 2. The standard InChI is InChI=1S/C23H20ClN3O/c24-20-13-11-19(12-14-20)22-21(18-9-5-2-6-10-18)16-27(26-22)23(28)25-15-17-7-3-1-4-8-17/h1-14,21H,15-16H2,(H,25,28)/t21-/m0/s1. The molecule has 28 heavy (non-hydrogen) atoms. The lowest BCUT2D eigenvalue weighted by molar-refractivity contribution is 0.203. The van der Waals surface area contributed by atoms with Crippen molar-refractivity contribution in [1.82, 2.24) is 10.3 Å². The molecule has 4 rings (SSSR count). The fourth-order valence-corrected chi connectivity index (χ4v) is 3.45. The Morgan fingerprint density at radius 3 is 2.29 bits per heavy atom. The summed E-state index contributed by atoms with van der Waals surface area (Å²) in [5.74, 6) is 0.0184. The molecule has 3 aromatic carbocycles. The van der Waals surface area contributed by atoms with Gasteiger partial charge in [0.2, 0.25) is 0 Å². The Morgan fingerprint density at radius 1 is 0.964 bits per heavy atom. The minimum absolute atomic E-state index is 0.0184. The smallest absolute Gasteiger partial charge is 0.332 e. The highest BCUT2D eigenvalue weighted by Gasteiger charge is 2.32. The molecule has 0 saturated carbocycles. The van der Waals surface area contributed by atoms with Crippen LogP contribution in [0.25, 0.3) is 0 Å². The number of urea groups is 1. The van der Waals surface area contributed by atoms with E-state index in [0.717, 1.165) is 22.4 Å². The van der Waals surface area contributed by atoms with Crippen LogP contribution in [0.2, 0.25) is 5.02 Å². The van der Waals surface area contributed by atoms with E-state index in [-0.39, 0.29) is 11.9 Å². The Kier molecular flexibility index (Phi) is 5.40. The molecule has 1 heterocycles. The van der Waals surface area contributed by atoms with Gasteiger partial charge >= 0.3 is 6.03 Å². The minimum Gasteiger partial charge on any atom is -0.332 e. The molecule has 0 radical (unpaired) electrons. The molecule has 0 unspecified atom stereocenters. The summed E-state index contributed by atoms with van der Waals surface area (Å²) in [6, 6.07) is 27.4. The van der Waals surface area contributed by atoms with Crippen LogP contribution in [0, 0.1) is 0 Å². The number of carbonyl (C=O) groups excluding carboxylic acids is 1. The summed E-state index contributed by atoms with van der Waals surface area (Å²) in [6.45, 7) is 0.973. The molecule has 1 aliphatic rings. The number of hydrazone groups is 1. The Labute approximate surface area is 169 Å². The Bertz CT molecular complexity index is 972. The van der Waals surface area contributed by atoms with Gasteiger partial charge < -0.3 is 5.32 Å². The number of hydrogen-bond acceptors (Lipinski definition) is 2. The number of nitrogens with zero attached hydrogens (tertiary/aromatic N) is 2. The first-order chi connectivity index (χ1) is 13.7. The van der Waals surface area contributed by atoms with Gasteiger partial charge in [-0.05, 0) is 28.8 Å². The second-order valence-corrected chi connectivity index (χ2v) is 7.12.